The number of anilines is 1. The first-order valence-corrected chi connectivity index (χ1v) is 10.7. The van der Waals surface area contributed by atoms with E-state index in [-0.39, 0.29) is 6.04 Å². The van der Waals surface area contributed by atoms with Gasteiger partial charge in [0.15, 0.2) is 5.82 Å². The van der Waals surface area contributed by atoms with Crippen LogP contribution in [0.5, 0.6) is 0 Å². The summed E-state index contributed by atoms with van der Waals surface area (Å²) in [5.41, 5.74) is 1.73. The highest BCUT2D eigenvalue weighted by Gasteiger charge is 2.26. The first kappa shape index (κ1) is 17.8. The lowest BCUT2D eigenvalue weighted by Crippen LogP contribution is -2.44. The number of pyridine rings is 1. The van der Waals surface area contributed by atoms with Crippen LogP contribution in [-0.4, -0.2) is 53.1 Å². The normalized spacial score (nSPS) is 18.5. The van der Waals surface area contributed by atoms with Crippen LogP contribution >= 0.6 is 0 Å². The molecular weight excluding hydrogens is 362 g/mol. The SMILES string of the molecule is CS(=O)(=O)N1CCCC(Nc2nc(-c3ccncc3)nc3ccccc23)C1. The summed E-state index contributed by atoms with van der Waals surface area (Å²) < 4.78 is 25.3. The third kappa shape index (κ3) is 3.91. The highest BCUT2D eigenvalue weighted by atomic mass is 32.2. The number of nitrogens with one attached hydrogen (secondary N) is 1. The Bertz CT molecular complexity index is 1060. The van der Waals surface area contributed by atoms with Crippen molar-refractivity contribution in [3.8, 4) is 11.4 Å². The van der Waals surface area contributed by atoms with Gasteiger partial charge in [-0.3, -0.25) is 4.98 Å². The van der Waals surface area contributed by atoms with Gasteiger partial charge in [0.25, 0.3) is 0 Å². The van der Waals surface area contributed by atoms with E-state index < -0.39 is 10.0 Å². The Kier molecular flexibility index (Phi) is 4.75. The number of para-hydroxylation sites is 1. The van der Waals surface area contributed by atoms with E-state index in [1.165, 1.54) is 10.6 Å². The van der Waals surface area contributed by atoms with Gasteiger partial charge in [0.1, 0.15) is 5.82 Å². The van der Waals surface area contributed by atoms with Crippen molar-refractivity contribution in [2.45, 2.75) is 18.9 Å². The molecule has 1 saturated heterocycles. The molecule has 1 aliphatic heterocycles. The lowest BCUT2D eigenvalue weighted by molar-refractivity contribution is 0.329. The first-order chi connectivity index (χ1) is 13.0. The van der Waals surface area contributed by atoms with Crippen LogP contribution in [0.4, 0.5) is 5.82 Å². The Morgan fingerprint density at radius 1 is 1.11 bits per heavy atom. The molecule has 0 amide bonds. The third-order valence-corrected chi connectivity index (χ3v) is 6.01. The fourth-order valence-corrected chi connectivity index (χ4v) is 4.28. The van der Waals surface area contributed by atoms with Gasteiger partial charge in [-0.05, 0) is 37.1 Å². The molecule has 2 aromatic heterocycles. The maximum absolute atomic E-state index is 11.9. The summed E-state index contributed by atoms with van der Waals surface area (Å²) in [6.45, 7) is 1.02. The highest BCUT2D eigenvalue weighted by molar-refractivity contribution is 7.88. The molecule has 0 radical (unpaired) electrons. The average molecular weight is 383 g/mol. The van der Waals surface area contributed by atoms with Crippen molar-refractivity contribution in [2.24, 2.45) is 0 Å². The van der Waals surface area contributed by atoms with E-state index in [4.69, 9.17) is 4.98 Å². The number of sulfonamides is 1. The van der Waals surface area contributed by atoms with Crippen LogP contribution in [0.1, 0.15) is 12.8 Å². The van der Waals surface area contributed by atoms with Crippen LogP contribution in [0.2, 0.25) is 0 Å². The van der Waals surface area contributed by atoms with Crippen LogP contribution in [0.15, 0.2) is 48.8 Å². The molecular formula is C19H21N5O2S. The molecule has 4 rings (SSSR count). The number of fused-ring (bicyclic) bond motifs is 1. The van der Waals surface area contributed by atoms with E-state index in [2.05, 4.69) is 15.3 Å². The second-order valence-corrected chi connectivity index (χ2v) is 8.74. The Labute approximate surface area is 158 Å². The zero-order valence-electron chi connectivity index (χ0n) is 15.0. The zero-order chi connectivity index (χ0) is 18.9. The van der Waals surface area contributed by atoms with E-state index in [0.717, 1.165) is 35.1 Å². The number of benzene rings is 1. The topological polar surface area (TPSA) is 88.1 Å². The van der Waals surface area contributed by atoms with Crippen LogP contribution in [0.25, 0.3) is 22.3 Å². The van der Waals surface area contributed by atoms with E-state index in [1.807, 2.05) is 36.4 Å². The van der Waals surface area contributed by atoms with Gasteiger partial charge in [0.05, 0.1) is 11.8 Å². The van der Waals surface area contributed by atoms with Crippen molar-refractivity contribution in [1.82, 2.24) is 19.3 Å². The smallest absolute Gasteiger partial charge is 0.211 e. The number of piperidine rings is 1. The second kappa shape index (κ2) is 7.21. The van der Waals surface area contributed by atoms with Gasteiger partial charge < -0.3 is 5.32 Å². The predicted octanol–water partition coefficient (Wildman–Crippen LogP) is 2.53. The number of aromatic nitrogens is 3. The van der Waals surface area contributed by atoms with E-state index in [0.29, 0.717) is 18.9 Å². The van der Waals surface area contributed by atoms with E-state index in [9.17, 15) is 8.42 Å². The Balaban J connectivity index is 1.70. The van der Waals surface area contributed by atoms with Gasteiger partial charge in [-0.25, -0.2) is 22.7 Å². The molecule has 27 heavy (non-hydrogen) atoms. The highest BCUT2D eigenvalue weighted by Crippen LogP contribution is 2.26. The van der Waals surface area contributed by atoms with Crippen LogP contribution in [-0.2, 0) is 10.0 Å². The van der Waals surface area contributed by atoms with Crippen LogP contribution in [0.3, 0.4) is 0 Å². The molecule has 3 heterocycles. The number of hydrogen-bond donors (Lipinski definition) is 1. The van der Waals surface area contributed by atoms with Crippen molar-refractivity contribution in [2.75, 3.05) is 24.7 Å². The molecule has 0 saturated carbocycles. The fourth-order valence-electron chi connectivity index (χ4n) is 3.37. The minimum absolute atomic E-state index is 0.0112. The summed E-state index contributed by atoms with van der Waals surface area (Å²) >= 11 is 0. The molecule has 140 valence electrons. The summed E-state index contributed by atoms with van der Waals surface area (Å²) in [4.78, 5) is 13.4. The molecule has 7 nitrogen and oxygen atoms in total. The second-order valence-electron chi connectivity index (χ2n) is 6.75. The number of rotatable bonds is 4. The third-order valence-electron chi connectivity index (χ3n) is 4.74. The van der Waals surface area contributed by atoms with Gasteiger partial charge in [-0.2, -0.15) is 0 Å². The van der Waals surface area contributed by atoms with Gasteiger partial charge in [-0.1, -0.05) is 12.1 Å². The molecule has 1 aliphatic rings. The van der Waals surface area contributed by atoms with Crippen molar-refractivity contribution in [3.63, 3.8) is 0 Å². The fraction of sp³-hybridized carbons (Fsp3) is 0.316. The van der Waals surface area contributed by atoms with Crippen molar-refractivity contribution in [1.29, 1.82) is 0 Å². The molecule has 1 atom stereocenters. The van der Waals surface area contributed by atoms with Gasteiger partial charge >= 0.3 is 0 Å². The molecule has 1 N–H and O–H groups in total. The number of nitrogens with zero attached hydrogens (tertiary/aromatic N) is 4. The summed E-state index contributed by atoms with van der Waals surface area (Å²) in [6, 6.07) is 11.6. The minimum atomic E-state index is -3.19. The molecule has 3 aromatic rings. The van der Waals surface area contributed by atoms with Crippen molar-refractivity contribution in [3.05, 3.63) is 48.8 Å². The standard InChI is InChI=1S/C19H21N5O2S/c1-27(25,26)24-12-4-5-15(13-24)21-19-16-6-2-3-7-17(16)22-18(23-19)14-8-10-20-11-9-14/h2-3,6-11,15H,4-5,12-13H2,1H3,(H,21,22,23). The maximum Gasteiger partial charge on any atom is 0.211 e. The molecule has 1 unspecified atom stereocenters. The summed E-state index contributed by atoms with van der Waals surface area (Å²) in [6.07, 6.45) is 6.41. The first-order valence-electron chi connectivity index (χ1n) is 8.89. The Hall–Kier alpha value is -2.58. The summed E-state index contributed by atoms with van der Waals surface area (Å²) in [5.74, 6) is 1.35. The summed E-state index contributed by atoms with van der Waals surface area (Å²) in [7, 11) is -3.19. The van der Waals surface area contributed by atoms with E-state index in [1.54, 1.807) is 12.4 Å². The quantitative estimate of drug-likeness (QED) is 0.745. The molecule has 0 bridgehead atoms. The molecule has 1 fully saturated rings. The van der Waals surface area contributed by atoms with E-state index >= 15 is 0 Å². The molecule has 0 aliphatic carbocycles. The molecule has 0 spiro atoms. The van der Waals surface area contributed by atoms with Crippen molar-refractivity contribution < 1.29 is 8.42 Å². The largest absolute Gasteiger partial charge is 0.365 e. The zero-order valence-corrected chi connectivity index (χ0v) is 15.9. The average Bonchev–Trinajstić information content (AvgIpc) is 2.68. The van der Waals surface area contributed by atoms with Crippen LogP contribution in [0, 0.1) is 0 Å². The molecule has 1 aromatic carbocycles. The monoisotopic (exact) mass is 383 g/mol. The Morgan fingerprint density at radius 3 is 2.67 bits per heavy atom. The van der Waals surface area contributed by atoms with Gasteiger partial charge in [0, 0.05) is 42.5 Å². The lowest BCUT2D eigenvalue weighted by Gasteiger charge is -2.32. The minimum Gasteiger partial charge on any atom is -0.365 e. The summed E-state index contributed by atoms with van der Waals surface area (Å²) in [5, 5.41) is 4.39. The lowest BCUT2D eigenvalue weighted by atomic mass is 10.1. The van der Waals surface area contributed by atoms with Crippen LogP contribution < -0.4 is 5.32 Å². The van der Waals surface area contributed by atoms with Gasteiger partial charge in [-0.15, -0.1) is 0 Å². The van der Waals surface area contributed by atoms with Crippen molar-refractivity contribution >= 4 is 26.7 Å². The van der Waals surface area contributed by atoms with Gasteiger partial charge in [0.2, 0.25) is 10.0 Å². The Morgan fingerprint density at radius 2 is 1.89 bits per heavy atom. The molecule has 8 heteroatoms. The maximum atomic E-state index is 11.9. The predicted molar refractivity (Wildman–Crippen MR) is 106 cm³/mol. The number of hydrogen-bond acceptors (Lipinski definition) is 6.